The Kier molecular flexibility index (Phi) is 9.78. The molecule has 0 spiro atoms. The molecule has 0 unspecified atom stereocenters. The maximum absolute atomic E-state index is 6.79. The summed E-state index contributed by atoms with van der Waals surface area (Å²) < 4.78 is 6.79. The number of hydrogen-bond donors (Lipinski definition) is 0. The lowest BCUT2D eigenvalue weighted by Crippen LogP contribution is -2.55. The molecule has 0 fully saturated rings. The standard InChI is InChI=1S/C45H39B10N3O/c46-32-30(33(47)37(51)40(54)36(32)50)44-56-43(57-45(58-44)31-34(48)38(52)41(55)39(53)35(31)49)25-17-18-27-28-8-4-7-26(42(28)59-29(27)19-25)24-15-13-23(14-16-24)22-11-9-21(10-12-22)20-5-2-1-3-6-20/h1-19H,46-55H2. The Bertz CT molecular complexity index is 3010. The van der Waals surface area contributed by atoms with Gasteiger partial charge in [-0.15, -0.1) is 32.8 Å². The normalized spacial score (nSPS) is 11.4. The predicted octanol–water partition coefficient (Wildman–Crippen LogP) is -5.64. The van der Waals surface area contributed by atoms with Crippen LogP contribution in [0.2, 0.25) is 0 Å². The van der Waals surface area contributed by atoms with Crippen LogP contribution in [0.25, 0.3) is 89.5 Å². The largest absolute Gasteiger partial charge is 0.455 e. The number of hydrogen-bond acceptors (Lipinski definition) is 4. The molecule has 0 saturated heterocycles. The van der Waals surface area contributed by atoms with E-state index in [0.29, 0.717) is 17.5 Å². The maximum atomic E-state index is 6.79. The number of benzene rings is 7. The quantitative estimate of drug-likeness (QED) is 0.160. The van der Waals surface area contributed by atoms with Crippen molar-refractivity contribution in [2.75, 3.05) is 0 Å². The monoisotopic (exact) mass is 747 g/mol. The van der Waals surface area contributed by atoms with Crippen LogP contribution in [0.15, 0.2) is 120 Å². The zero-order valence-electron chi connectivity index (χ0n) is 35.7. The molecule has 0 amide bonds. The van der Waals surface area contributed by atoms with E-state index < -0.39 is 0 Å². The highest BCUT2D eigenvalue weighted by molar-refractivity contribution is 6.69. The molecular formula is C45H39B10N3O. The highest BCUT2D eigenvalue weighted by Gasteiger charge is 2.22. The van der Waals surface area contributed by atoms with Gasteiger partial charge in [-0.05, 0) is 39.9 Å². The summed E-state index contributed by atoms with van der Waals surface area (Å²) >= 11 is 0. The van der Waals surface area contributed by atoms with Crippen molar-refractivity contribution in [2.45, 2.75) is 0 Å². The van der Waals surface area contributed by atoms with Crippen LogP contribution in [0.4, 0.5) is 0 Å². The average molecular weight is 746 g/mol. The van der Waals surface area contributed by atoms with Crippen molar-refractivity contribution in [1.82, 2.24) is 15.0 Å². The molecule has 0 atom stereocenters. The van der Waals surface area contributed by atoms with Crippen LogP contribution in [-0.4, -0.2) is 93.4 Å². The molecule has 0 aliphatic heterocycles. The molecule has 0 radical (unpaired) electrons. The molecule has 14 heteroatoms. The number of rotatable bonds is 6. The Morgan fingerprint density at radius 2 is 0.729 bits per heavy atom. The molecule has 9 rings (SSSR count). The zero-order chi connectivity index (χ0) is 41.3. The molecule has 0 N–H and O–H groups in total. The van der Waals surface area contributed by atoms with E-state index in [9.17, 15) is 0 Å². The Labute approximate surface area is 355 Å². The zero-order valence-corrected chi connectivity index (χ0v) is 35.7. The Morgan fingerprint density at radius 1 is 0.322 bits per heavy atom. The van der Waals surface area contributed by atoms with Crippen molar-refractivity contribution in [3.05, 3.63) is 115 Å². The summed E-state index contributed by atoms with van der Waals surface area (Å²) in [7, 11) is 22.0. The van der Waals surface area contributed by atoms with Crippen molar-refractivity contribution in [2.24, 2.45) is 0 Å². The molecule has 2 heterocycles. The molecule has 0 bridgehead atoms. The van der Waals surface area contributed by atoms with Gasteiger partial charge in [0.15, 0.2) is 17.5 Å². The van der Waals surface area contributed by atoms with Crippen LogP contribution in [-0.2, 0) is 0 Å². The molecule has 7 aromatic carbocycles. The lowest BCUT2D eigenvalue weighted by Gasteiger charge is -2.22. The summed E-state index contributed by atoms with van der Waals surface area (Å²) in [6.45, 7) is 0. The minimum absolute atomic E-state index is 0.629. The minimum atomic E-state index is 0.629. The highest BCUT2D eigenvalue weighted by atomic mass is 16.3. The van der Waals surface area contributed by atoms with Gasteiger partial charge in [0.05, 0.1) is 0 Å². The second-order valence-corrected chi connectivity index (χ2v) is 16.3. The lowest BCUT2D eigenvalue weighted by molar-refractivity contribution is 0.670. The number of para-hydroxylation sites is 1. The summed E-state index contributed by atoms with van der Waals surface area (Å²) in [6.07, 6.45) is 0. The van der Waals surface area contributed by atoms with E-state index in [1.807, 2.05) is 0 Å². The van der Waals surface area contributed by atoms with Crippen molar-refractivity contribution in [3.63, 3.8) is 0 Å². The van der Waals surface area contributed by atoms with E-state index in [4.69, 9.17) is 19.4 Å². The van der Waals surface area contributed by atoms with Crippen LogP contribution in [0.5, 0.6) is 0 Å². The van der Waals surface area contributed by atoms with Gasteiger partial charge in [-0.2, -0.15) is 0 Å². The van der Waals surface area contributed by atoms with E-state index in [0.717, 1.165) is 49.8 Å². The third-order valence-electron chi connectivity index (χ3n) is 13.4. The topological polar surface area (TPSA) is 51.8 Å². The van der Waals surface area contributed by atoms with E-state index in [2.05, 4.69) is 194 Å². The van der Waals surface area contributed by atoms with Gasteiger partial charge in [-0.25, -0.2) is 15.0 Å². The third-order valence-corrected chi connectivity index (χ3v) is 13.4. The van der Waals surface area contributed by atoms with Crippen molar-refractivity contribution in [1.29, 1.82) is 0 Å². The van der Waals surface area contributed by atoms with Crippen LogP contribution in [0, 0.1) is 0 Å². The molecule has 4 nitrogen and oxygen atoms in total. The summed E-state index contributed by atoms with van der Waals surface area (Å²) in [5, 5.41) is 2.14. The fourth-order valence-electron chi connectivity index (χ4n) is 8.89. The molecule has 270 valence electrons. The van der Waals surface area contributed by atoms with Gasteiger partial charge in [0.1, 0.15) is 89.6 Å². The van der Waals surface area contributed by atoms with Gasteiger partial charge in [0.2, 0.25) is 0 Å². The Balaban J connectivity index is 1.15. The first-order valence-electron chi connectivity index (χ1n) is 20.5. The second-order valence-electron chi connectivity index (χ2n) is 16.3. The molecule has 59 heavy (non-hydrogen) atoms. The van der Waals surface area contributed by atoms with Gasteiger partial charge in [-0.1, -0.05) is 125 Å². The summed E-state index contributed by atoms with van der Waals surface area (Å²) in [6, 6.07) is 40.8. The summed E-state index contributed by atoms with van der Waals surface area (Å²) in [5.74, 6) is 2.02. The fourth-order valence-corrected chi connectivity index (χ4v) is 8.89. The lowest BCUT2D eigenvalue weighted by atomic mass is 9.60. The Hall–Kier alpha value is -6.00. The van der Waals surface area contributed by atoms with Gasteiger partial charge >= 0.3 is 0 Å². The number of furan rings is 1. The van der Waals surface area contributed by atoms with Gasteiger partial charge in [0, 0.05) is 33.0 Å². The molecular weight excluding hydrogens is 707 g/mol. The van der Waals surface area contributed by atoms with E-state index in [1.165, 1.54) is 76.9 Å². The number of aromatic nitrogens is 3. The van der Waals surface area contributed by atoms with Crippen LogP contribution in [0.1, 0.15) is 0 Å². The summed E-state index contributed by atoms with van der Waals surface area (Å²) in [4.78, 5) is 15.8. The predicted molar refractivity (Wildman–Crippen MR) is 282 cm³/mol. The Morgan fingerprint density at radius 3 is 1.22 bits per heavy atom. The average Bonchev–Trinajstić information content (AvgIpc) is 3.65. The van der Waals surface area contributed by atoms with Gasteiger partial charge < -0.3 is 4.42 Å². The molecule has 0 aliphatic carbocycles. The molecule has 2 aromatic heterocycles. The van der Waals surface area contributed by atoms with E-state index in [-0.39, 0.29) is 0 Å². The highest BCUT2D eigenvalue weighted by Crippen LogP contribution is 2.38. The number of nitrogens with zero attached hydrogens (tertiary/aromatic N) is 3. The van der Waals surface area contributed by atoms with E-state index >= 15 is 0 Å². The summed E-state index contributed by atoms with van der Waals surface area (Å²) in [5.41, 5.74) is 24.2. The molecule has 9 aromatic rings. The number of fused-ring (bicyclic) bond motifs is 3. The fraction of sp³-hybridized carbons (Fsp3) is 0. The van der Waals surface area contributed by atoms with Gasteiger partial charge in [0.25, 0.3) is 0 Å². The van der Waals surface area contributed by atoms with E-state index in [1.54, 1.807) is 0 Å². The van der Waals surface area contributed by atoms with Gasteiger partial charge in [-0.3, -0.25) is 0 Å². The van der Waals surface area contributed by atoms with Crippen molar-refractivity contribution in [3.8, 4) is 67.5 Å². The minimum Gasteiger partial charge on any atom is -0.455 e. The smallest absolute Gasteiger partial charge is 0.164 e. The first-order valence-corrected chi connectivity index (χ1v) is 20.5. The first-order chi connectivity index (χ1) is 28.4. The van der Waals surface area contributed by atoms with Crippen LogP contribution < -0.4 is 54.6 Å². The first kappa shape index (κ1) is 38.5. The second kappa shape index (κ2) is 15.0. The third kappa shape index (κ3) is 6.54. The maximum Gasteiger partial charge on any atom is 0.164 e. The molecule has 0 saturated carbocycles. The SMILES string of the molecule is Bc1c(B)c(B)c(-c2nc(-c3ccc4c(c3)oc3c(-c5ccc(-c6ccc(-c7ccccc7)cc6)cc5)cccc34)nc(-c3c(B)c(B)c(B)c(B)c3B)n2)c(B)c1B. The van der Waals surface area contributed by atoms with Crippen LogP contribution >= 0.6 is 0 Å². The van der Waals surface area contributed by atoms with Crippen molar-refractivity contribution < 1.29 is 4.42 Å². The van der Waals surface area contributed by atoms with Crippen LogP contribution in [0.3, 0.4) is 0 Å². The molecule has 0 aliphatic rings. The van der Waals surface area contributed by atoms with Crippen molar-refractivity contribution >= 4 is 155 Å².